The lowest BCUT2D eigenvalue weighted by Gasteiger charge is -2.39. The first-order valence-electron chi connectivity index (χ1n) is 13.7. The molecule has 1 aromatic rings. The van der Waals surface area contributed by atoms with Gasteiger partial charge >= 0.3 is 6.03 Å². The van der Waals surface area contributed by atoms with Gasteiger partial charge in [0.15, 0.2) is 0 Å². The van der Waals surface area contributed by atoms with E-state index in [0.717, 1.165) is 65.0 Å². The monoisotopic (exact) mass is 468 g/mol. The Hall–Kier alpha value is -1.63. The van der Waals surface area contributed by atoms with Crippen LogP contribution in [0.2, 0.25) is 0 Å². The lowest BCUT2D eigenvalue weighted by molar-refractivity contribution is 0.0575. The number of likely N-dealkylation sites (tertiary alicyclic amines) is 1. The standard InChI is InChI=1S/C28H44N4O2/c1-21(2)32-27(33)31(19-22-11-15-34-16-12-22)20-28(32)17-24-9-6-13-30(26(24)18-28)14-10-25(29)23-7-4-3-5-8-23/h3-5,7-8,21-22,24-26H,6,9-20,29H2,1-2H3/t24?,25-,26?,28?/m0/s1. The molecule has 0 radical (unpaired) electrons. The van der Waals surface area contributed by atoms with Crippen LogP contribution in [0, 0.1) is 11.8 Å². The number of piperidine rings is 1. The molecule has 4 atom stereocenters. The van der Waals surface area contributed by atoms with Gasteiger partial charge < -0.3 is 20.3 Å². The number of rotatable bonds is 7. The molecular weight excluding hydrogens is 424 g/mol. The molecule has 5 rings (SSSR count). The Balaban J connectivity index is 1.27. The van der Waals surface area contributed by atoms with Crippen molar-refractivity contribution in [2.24, 2.45) is 17.6 Å². The SMILES string of the molecule is CC(C)N1C(=O)N(CC2CCOCC2)CC12CC1CCCN(CC[C@H](N)c3ccccc3)C1C2. The van der Waals surface area contributed by atoms with Crippen LogP contribution in [0.15, 0.2) is 30.3 Å². The molecule has 4 fully saturated rings. The molecule has 1 spiro atoms. The van der Waals surface area contributed by atoms with E-state index in [1.54, 1.807) is 0 Å². The van der Waals surface area contributed by atoms with Crippen molar-refractivity contribution in [3.8, 4) is 0 Å². The fourth-order valence-electron chi connectivity index (χ4n) is 7.49. The number of hydrogen-bond acceptors (Lipinski definition) is 4. The Morgan fingerprint density at radius 2 is 1.88 bits per heavy atom. The van der Waals surface area contributed by atoms with E-state index in [4.69, 9.17) is 10.5 Å². The number of fused-ring (bicyclic) bond motifs is 1. The highest BCUT2D eigenvalue weighted by atomic mass is 16.5. The maximum absolute atomic E-state index is 13.6. The molecular formula is C28H44N4O2. The van der Waals surface area contributed by atoms with Crippen molar-refractivity contribution >= 4 is 6.03 Å². The highest BCUT2D eigenvalue weighted by Gasteiger charge is 2.58. The number of urea groups is 1. The molecule has 2 N–H and O–H groups in total. The normalized spacial score (nSPS) is 31.6. The second-order valence-electron chi connectivity index (χ2n) is 11.6. The largest absolute Gasteiger partial charge is 0.381 e. The number of nitrogens with zero attached hydrogens (tertiary/aromatic N) is 3. The predicted octanol–water partition coefficient (Wildman–Crippen LogP) is 4.26. The topological polar surface area (TPSA) is 62.0 Å². The third-order valence-electron chi connectivity index (χ3n) is 9.03. The smallest absolute Gasteiger partial charge is 0.320 e. The molecule has 6 heteroatoms. The summed E-state index contributed by atoms with van der Waals surface area (Å²) in [6, 6.07) is 11.7. The van der Waals surface area contributed by atoms with E-state index in [-0.39, 0.29) is 23.7 Å². The van der Waals surface area contributed by atoms with Crippen LogP contribution in [-0.4, -0.2) is 77.7 Å². The summed E-state index contributed by atoms with van der Waals surface area (Å²) in [5, 5.41) is 0. The number of amides is 2. The molecule has 188 valence electrons. The Labute approximate surface area is 205 Å². The second-order valence-corrected chi connectivity index (χ2v) is 11.6. The van der Waals surface area contributed by atoms with Gasteiger partial charge in [-0.1, -0.05) is 30.3 Å². The number of benzene rings is 1. The van der Waals surface area contributed by atoms with Crippen LogP contribution in [-0.2, 0) is 4.74 Å². The molecule has 3 unspecified atom stereocenters. The van der Waals surface area contributed by atoms with Gasteiger partial charge in [-0.2, -0.15) is 0 Å². The van der Waals surface area contributed by atoms with Crippen LogP contribution in [0.3, 0.4) is 0 Å². The Morgan fingerprint density at radius 3 is 2.62 bits per heavy atom. The summed E-state index contributed by atoms with van der Waals surface area (Å²) in [7, 11) is 0. The Morgan fingerprint density at radius 1 is 1.12 bits per heavy atom. The van der Waals surface area contributed by atoms with Crippen LogP contribution in [0.5, 0.6) is 0 Å². The van der Waals surface area contributed by atoms with Gasteiger partial charge in [0.05, 0.1) is 5.54 Å². The Kier molecular flexibility index (Phi) is 7.19. The van der Waals surface area contributed by atoms with Gasteiger partial charge in [0.1, 0.15) is 0 Å². The molecule has 0 aromatic heterocycles. The van der Waals surface area contributed by atoms with E-state index in [2.05, 4.69) is 58.9 Å². The van der Waals surface area contributed by atoms with Crippen LogP contribution in [0.25, 0.3) is 0 Å². The van der Waals surface area contributed by atoms with Gasteiger partial charge in [0, 0.05) is 51.0 Å². The van der Waals surface area contributed by atoms with Gasteiger partial charge in [-0.15, -0.1) is 0 Å². The first kappa shape index (κ1) is 24.1. The predicted molar refractivity (Wildman–Crippen MR) is 136 cm³/mol. The van der Waals surface area contributed by atoms with E-state index in [1.165, 1.54) is 24.9 Å². The lowest BCUT2D eigenvalue weighted by atomic mass is 9.90. The summed E-state index contributed by atoms with van der Waals surface area (Å²) in [5.41, 5.74) is 7.78. The average molecular weight is 469 g/mol. The maximum Gasteiger partial charge on any atom is 0.320 e. The third kappa shape index (κ3) is 4.74. The minimum atomic E-state index is -0.00408. The Bertz CT molecular complexity index is 827. The van der Waals surface area contributed by atoms with Gasteiger partial charge in [0.25, 0.3) is 0 Å². The molecule has 3 aliphatic heterocycles. The van der Waals surface area contributed by atoms with E-state index in [1.807, 2.05) is 0 Å². The van der Waals surface area contributed by atoms with Crippen LogP contribution in [0.4, 0.5) is 4.79 Å². The number of hydrogen-bond donors (Lipinski definition) is 1. The zero-order valence-electron chi connectivity index (χ0n) is 21.2. The number of carbonyl (C=O) groups is 1. The van der Waals surface area contributed by atoms with Crippen molar-refractivity contribution < 1.29 is 9.53 Å². The molecule has 2 amide bonds. The number of ether oxygens (including phenoxy) is 1. The molecule has 34 heavy (non-hydrogen) atoms. The lowest BCUT2D eigenvalue weighted by Crippen LogP contribution is -2.50. The van der Waals surface area contributed by atoms with Gasteiger partial charge in [-0.05, 0) is 82.7 Å². The van der Waals surface area contributed by atoms with E-state index < -0.39 is 0 Å². The summed E-state index contributed by atoms with van der Waals surface area (Å²) in [6.45, 7) is 10.1. The fourth-order valence-corrected chi connectivity index (χ4v) is 7.49. The molecule has 3 heterocycles. The highest BCUT2D eigenvalue weighted by Crippen LogP contribution is 2.49. The average Bonchev–Trinajstić information content (AvgIpc) is 3.34. The van der Waals surface area contributed by atoms with E-state index in [9.17, 15) is 4.79 Å². The van der Waals surface area contributed by atoms with Crippen molar-refractivity contribution in [3.63, 3.8) is 0 Å². The van der Waals surface area contributed by atoms with Crippen LogP contribution >= 0.6 is 0 Å². The minimum Gasteiger partial charge on any atom is -0.381 e. The van der Waals surface area contributed by atoms with Crippen LogP contribution in [0.1, 0.15) is 70.4 Å². The molecule has 3 saturated heterocycles. The highest BCUT2D eigenvalue weighted by molar-refractivity contribution is 5.78. The zero-order chi connectivity index (χ0) is 23.7. The van der Waals surface area contributed by atoms with Crippen molar-refractivity contribution in [2.75, 3.05) is 39.4 Å². The second kappa shape index (κ2) is 10.2. The van der Waals surface area contributed by atoms with Crippen molar-refractivity contribution in [3.05, 3.63) is 35.9 Å². The quantitative estimate of drug-likeness (QED) is 0.649. The van der Waals surface area contributed by atoms with Crippen LogP contribution < -0.4 is 5.73 Å². The third-order valence-corrected chi connectivity index (χ3v) is 9.03. The molecule has 4 aliphatic rings. The number of nitrogens with two attached hydrogens (primary N) is 1. The minimum absolute atomic E-state index is 0.00408. The summed E-state index contributed by atoms with van der Waals surface area (Å²) >= 11 is 0. The zero-order valence-corrected chi connectivity index (χ0v) is 21.2. The van der Waals surface area contributed by atoms with Crippen molar-refractivity contribution in [1.82, 2.24) is 14.7 Å². The van der Waals surface area contributed by atoms with Gasteiger partial charge in [-0.25, -0.2) is 4.79 Å². The summed E-state index contributed by atoms with van der Waals surface area (Å²) in [4.78, 5) is 20.8. The molecule has 1 saturated carbocycles. The van der Waals surface area contributed by atoms with E-state index >= 15 is 0 Å². The first-order valence-corrected chi connectivity index (χ1v) is 13.7. The molecule has 1 aromatic carbocycles. The number of carbonyl (C=O) groups excluding carboxylic acids is 1. The summed E-state index contributed by atoms with van der Waals surface area (Å²) in [5.74, 6) is 1.28. The van der Waals surface area contributed by atoms with E-state index in [0.29, 0.717) is 17.9 Å². The molecule has 6 nitrogen and oxygen atoms in total. The van der Waals surface area contributed by atoms with Gasteiger partial charge in [0.2, 0.25) is 0 Å². The molecule has 1 aliphatic carbocycles. The first-order chi connectivity index (χ1) is 16.5. The molecule has 0 bridgehead atoms. The van der Waals surface area contributed by atoms with Crippen molar-refractivity contribution in [1.29, 1.82) is 0 Å². The summed E-state index contributed by atoms with van der Waals surface area (Å²) in [6.07, 6.45) is 7.99. The fraction of sp³-hybridized carbons (Fsp3) is 0.750. The van der Waals surface area contributed by atoms with Gasteiger partial charge in [-0.3, -0.25) is 4.90 Å². The van der Waals surface area contributed by atoms with Crippen molar-refractivity contribution in [2.45, 2.75) is 82.5 Å². The maximum atomic E-state index is 13.6. The summed E-state index contributed by atoms with van der Waals surface area (Å²) < 4.78 is 5.56.